The maximum atomic E-state index is 4.05. The number of hydrogen-bond donors (Lipinski definition) is 1. The molecular weight excluding hydrogens is 282 g/mol. The molecule has 1 nitrogen and oxygen atoms in total. The summed E-state index contributed by atoms with van der Waals surface area (Å²) in [6, 6.07) is 11.1. The lowest BCUT2D eigenvalue weighted by Gasteiger charge is -2.40. The lowest BCUT2D eigenvalue weighted by molar-refractivity contribution is 0.514. The van der Waals surface area contributed by atoms with Gasteiger partial charge in [0.1, 0.15) is 0 Å². The Labute approximate surface area is 137 Å². The third kappa shape index (κ3) is 3.00. The maximum Gasteiger partial charge on any atom is 0.184 e. The zero-order chi connectivity index (χ0) is 16.7. The molecule has 1 aromatic carbocycles. The first-order valence-electron chi connectivity index (χ1n) is 8.32. The van der Waals surface area contributed by atoms with Gasteiger partial charge in [0.2, 0.25) is 0 Å². The van der Waals surface area contributed by atoms with Crippen LogP contribution < -0.4 is 10.2 Å². The molecule has 0 saturated carbocycles. The van der Waals surface area contributed by atoms with Crippen LogP contribution in [0.4, 0.5) is 0 Å². The molecule has 0 spiro atoms. The van der Waals surface area contributed by atoms with Gasteiger partial charge in [0, 0.05) is 5.54 Å². The maximum absolute atomic E-state index is 4.05. The van der Waals surface area contributed by atoms with Crippen molar-refractivity contribution >= 4 is 13.4 Å². The van der Waals surface area contributed by atoms with Crippen molar-refractivity contribution in [1.82, 2.24) is 4.98 Å². The Hall–Kier alpha value is -1.12. The zero-order valence-electron chi connectivity index (χ0n) is 15.5. The van der Waals surface area contributed by atoms with E-state index in [2.05, 4.69) is 90.3 Å². The van der Waals surface area contributed by atoms with Crippen LogP contribution in [0.2, 0.25) is 6.55 Å². The molecule has 0 fully saturated rings. The minimum atomic E-state index is -1.95. The summed E-state index contributed by atoms with van der Waals surface area (Å²) in [5.41, 5.74) is 4.65. The van der Waals surface area contributed by atoms with Gasteiger partial charge in [-0.25, -0.2) is 0 Å². The van der Waals surface area contributed by atoms with Crippen molar-refractivity contribution in [3.8, 4) is 0 Å². The molecule has 1 N–H and O–H groups in total. The molecule has 0 aliphatic heterocycles. The summed E-state index contributed by atoms with van der Waals surface area (Å²) >= 11 is 0. The largest absolute Gasteiger partial charge is 0.326 e. The average Bonchev–Trinajstić information content (AvgIpc) is 2.62. The van der Waals surface area contributed by atoms with E-state index >= 15 is 0 Å². The Morgan fingerprint density at radius 1 is 0.955 bits per heavy atom. The fourth-order valence-corrected chi connectivity index (χ4v) is 8.96. The van der Waals surface area contributed by atoms with E-state index in [0.29, 0.717) is 5.92 Å². The van der Waals surface area contributed by atoms with Gasteiger partial charge in [0.05, 0.1) is 0 Å². The minimum absolute atomic E-state index is 0.105. The van der Waals surface area contributed by atoms with Gasteiger partial charge in [-0.3, -0.25) is 0 Å². The molecule has 0 saturated heterocycles. The molecule has 1 aliphatic carbocycles. The summed E-state index contributed by atoms with van der Waals surface area (Å²) in [4.78, 5) is 4.05. The van der Waals surface area contributed by atoms with Gasteiger partial charge >= 0.3 is 0 Å². The van der Waals surface area contributed by atoms with Gasteiger partial charge in [0.15, 0.2) is 8.24 Å². The van der Waals surface area contributed by atoms with Crippen LogP contribution in [0.25, 0.3) is 0 Å². The van der Waals surface area contributed by atoms with E-state index in [9.17, 15) is 0 Å². The van der Waals surface area contributed by atoms with Gasteiger partial charge in [-0.15, -0.1) is 0 Å². The summed E-state index contributed by atoms with van der Waals surface area (Å²) in [5, 5.41) is 3.14. The molecule has 2 atom stereocenters. The van der Waals surface area contributed by atoms with E-state index in [1.54, 1.807) is 5.20 Å². The highest BCUT2D eigenvalue weighted by molar-refractivity contribution is 6.95. The van der Waals surface area contributed by atoms with Crippen molar-refractivity contribution in [3.63, 3.8) is 0 Å². The number of nitrogens with one attached hydrogen (secondary N) is 1. The van der Waals surface area contributed by atoms with Gasteiger partial charge in [0.25, 0.3) is 0 Å². The molecule has 1 aromatic rings. The molecule has 2 heteroatoms. The molecule has 0 aromatic heterocycles. The molecule has 0 radical (unpaired) electrons. The first-order valence-corrected chi connectivity index (χ1v) is 10.8. The van der Waals surface area contributed by atoms with Gasteiger partial charge in [-0.2, -0.15) is 0 Å². The molecule has 0 bridgehead atoms. The summed E-state index contributed by atoms with van der Waals surface area (Å²) in [7, 11) is -1.95. The van der Waals surface area contributed by atoms with Crippen LogP contribution in [0, 0.1) is 5.92 Å². The molecule has 2 rings (SSSR count). The van der Waals surface area contributed by atoms with Crippen molar-refractivity contribution < 1.29 is 0 Å². The normalized spacial score (nSPS) is 22.3. The predicted molar refractivity (Wildman–Crippen MR) is 101 cm³/mol. The van der Waals surface area contributed by atoms with Crippen LogP contribution in [-0.4, -0.2) is 13.8 Å². The minimum Gasteiger partial charge on any atom is -0.326 e. The topological polar surface area (TPSA) is 12.0 Å². The molecule has 2 unspecified atom stereocenters. The van der Waals surface area contributed by atoms with Crippen LogP contribution in [0.3, 0.4) is 0 Å². The van der Waals surface area contributed by atoms with Crippen LogP contribution in [0.15, 0.2) is 52.2 Å². The monoisotopic (exact) mass is 313 g/mol. The highest BCUT2D eigenvalue weighted by atomic mass is 28.3. The van der Waals surface area contributed by atoms with E-state index in [1.165, 1.54) is 21.9 Å². The van der Waals surface area contributed by atoms with E-state index in [0.717, 1.165) is 0 Å². The quantitative estimate of drug-likeness (QED) is 0.798. The smallest absolute Gasteiger partial charge is 0.184 e. The molecule has 1 aliphatic rings. The number of rotatable bonds is 3. The van der Waals surface area contributed by atoms with E-state index < -0.39 is 8.24 Å². The Morgan fingerprint density at radius 3 is 1.91 bits per heavy atom. The molecule has 0 amide bonds. The summed E-state index contributed by atoms with van der Waals surface area (Å²) in [5.74, 6) is 0.548. The van der Waals surface area contributed by atoms with Crippen LogP contribution in [0.5, 0.6) is 0 Å². The Bertz CT molecular complexity index is 619. The van der Waals surface area contributed by atoms with Crippen molar-refractivity contribution in [3.05, 3.63) is 52.2 Å². The van der Waals surface area contributed by atoms with Crippen LogP contribution in [0.1, 0.15) is 48.5 Å². The lowest BCUT2D eigenvalue weighted by Crippen LogP contribution is -2.66. The first-order chi connectivity index (χ1) is 10.1. The van der Waals surface area contributed by atoms with Gasteiger partial charge in [-0.05, 0) is 64.8 Å². The molecule has 22 heavy (non-hydrogen) atoms. The first kappa shape index (κ1) is 17.2. The predicted octanol–water partition coefficient (Wildman–Crippen LogP) is 4.70. The van der Waals surface area contributed by atoms with Crippen LogP contribution >= 0.6 is 0 Å². The van der Waals surface area contributed by atoms with E-state index in [4.69, 9.17) is 0 Å². The fraction of sp³-hybridized carbons (Fsp3) is 0.500. The zero-order valence-corrected chi connectivity index (χ0v) is 16.5. The standard InChI is InChI=1S/C20H31NSi/c1-14-15(2)17(4)19(16(14)3)22(8,21-20(5,6)7)18-12-10-9-11-13-18/h9-13,16,21H,1-8H3. The van der Waals surface area contributed by atoms with Crippen molar-refractivity contribution in [1.29, 1.82) is 0 Å². The summed E-state index contributed by atoms with van der Waals surface area (Å²) in [6.07, 6.45) is 0. The highest BCUT2D eigenvalue weighted by Crippen LogP contribution is 2.40. The molecular formula is C20H31NSi. The number of hydrogen-bond acceptors (Lipinski definition) is 1. The fourth-order valence-electron chi connectivity index (χ4n) is 3.99. The lowest BCUT2D eigenvalue weighted by atomic mass is 10.1. The highest BCUT2D eigenvalue weighted by Gasteiger charge is 2.43. The van der Waals surface area contributed by atoms with Gasteiger partial charge in [-0.1, -0.05) is 53.6 Å². The second-order valence-corrected chi connectivity index (χ2v) is 11.6. The average molecular weight is 314 g/mol. The Kier molecular flexibility index (Phi) is 4.56. The second-order valence-electron chi connectivity index (χ2n) is 7.93. The number of allylic oxidation sites excluding steroid dienone is 4. The third-order valence-corrected chi connectivity index (χ3v) is 9.78. The molecule has 0 heterocycles. The summed E-state index contributed by atoms with van der Waals surface area (Å²) < 4.78 is 0. The van der Waals surface area contributed by atoms with E-state index in [1.807, 2.05) is 0 Å². The van der Waals surface area contributed by atoms with Crippen LogP contribution in [-0.2, 0) is 0 Å². The third-order valence-electron chi connectivity index (χ3n) is 5.16. The SMILES string of the molecule is CC1=C(C)C(C)C([Si](C)(NC(C)(C)C)c2ccccc2)=C1C. The second kappa shape index (κ2) is 5.82. The van der Waals surface area contributed by atoms with Gasteiger partial charge < -0.3 is 4.98 Å². The number of benzene rings is 1. The molecule has 120 valence electrons. The van der Waals surface area contributed by atoms with Crippen molar-refractivity contribution in [2.75, 3.05) is 0 Å². The van der Waals surface area contributed by atoms with Crippen molar-refractivity contribution in [2.24, 2.45) is 5.92 Å². The Morgan fingerprint density at radius 2 is 1.50 bits per heavy atom. The van der Waals surface area contributed by atoms with Crippen molar-refractivity contribution in [2.45, 2.75) is 60.6 Å². The Balaban J connectivity index is 2.62. The summed E-state index contributed by atoms with van der Waals surface area (Å²) in [6.45, 7) is 18.6. The van der Waals surface area contributed by atoms with E-state index in [-0.39, 0.29) is 5.54 Å².